The molecule has 1 saturated heterocycles. The van der Waals surface area contributed by atoms with Gasteiger partial charge < -0.3 is 10.1 Å². The van der Waals surface area contributed by atoms with E-state index in [1.807, 2.05) is 6.07 Å². The summed E-state index contributed by atoms with van der Waals surface area (Å²) >= 11 is 0. The summed E-state index contributed by atoms with van der Waals surface area (Å²) in [4.78, 5) is 3.34. The Hall–Kier alpha value is -2.68. The summed E-state index contributed by atoms with van der Waals surface area (Å²) in [5.74, 6) is -0.179. The molecule has 0 amide bonds. The number of benzene rings is 1. The van der Waals surface area contributed by atoms with Crippen LogP contribution in [-0.2, 0) is 20.9 Å². The predicted molar refractivity (Wildman–Crippen MR) is 119 cm³/mol. The molecule has 2 fully saturated rings. The van der Waals surface area contributed by atoms with Crippen LogP contribution in [0.25, 0.3) is 0 Å². The van der Waals surface area contributed by atoms with Crippen LogP contribution in [0.4, 0.5) is 19.0 Å². The molecular formula is C23H25F3N4O3S. The number of ether oxygens (including phenoxy) is 1. The van der Waals surface area contributed by atoms with Crippen molar-refractivity contribution in [1.82, 2.24) is 9.71 Å². The molecule has 1 atom stereocenters. The number of nitriles is 1. The number of hydrogen-bond acceptors (Lipinski definition) is 6. The van der Waals surface area contributed by atoms with Crippen LogP contribution in [0.5, 0.6) is 0 Å². The lowest BCUT2D eigenvalue weighted by Crippen LogP contribution is -2.38. The minimum absolute atomic E-state index is 0.126. The van der Waals surface area contributed by atoms with Gasteiger partial charge in [-0.05, 0) is 67.9 Å². The maximum Gasteiger partial charge on any atom is 0.433 e. The van der Waals surface area contributed by atoms with Crippen molar-refractivity contribution < 1.29 is 26.3 Å². The van der Waals surface area contributed by atoms with Crippen LogP contribution in [0.3, 0.4) is 0 Å². The van der Waals surface area contributed by atoms with Gasteiger partial charge in [0.2, 0.25) is 10.0 Å². The number of halogens is 3. The molecule has 1 aromatic heterocycles. The predicted octanol–water partition coefficient (Wildman–Crippen LogP) is 4.18. The molecular weight excluding hydrogens is 469 g/mol. The molecule has 1 aliphatic heterocycles. The van der Waals surface area contributed by atoms with E-state index in [-0.39, 0.29) is 28.7 Å². The lowest BCUT2D eigenvalue weighted by atomic mass is 9.75. The van der Waals surface area contributed by atoms with Gasteiger partial charge in [-0.2, -0.15) is 18.4 Å². The number of anilines is 1. The van der Waals surface area contributed by atoms with Crippen molar-refractivity contribution in [2.24, 2.45) is 0 Å². The summed E-state index contributed by atoms with van der Waals surface area (Å²) in [6, 6.07) is 10.3. The lowest BCUT2D eigenvalue weighted by Gasteiger charge is -2.37. The Bertz CT molecular complexity index is 1170. The third-order valence-corrected chi connectivity index (χ3v) is 7.73. The summed E-state index contributed by atoms with van der Waals surface area (Å²) < 4.78 is 74.1. The van der Waals surface area contributed by atoms with E-state index in [1.54, 1.807) is 18.2 Å². The van der Waals surface area contributed by atoms with Gasteiger partial charge in [0, 0.05) is 25.3 Å². The highest BCUT2D eigenvalue weighted by Crippen LogP contribution is 2.40. The van der Waals surface area contributed by atoms with Crippen molar-refractivity contribution in [2.45, 2.75) is 61.2 Å². The molecule has 1 unspecified atom stereocenters. The van der Waals surface area contributed by atoms with Crippen molar-refractivity contribution in [3.05, 3.63) is 53.2 Å². The Labute approximate surface area is 196 Å². The van der Waals surface area contributed by atoms with E-state index in [0.717, 1.165) is 11.6 Å². The Kier molecular flexibility index (Phi) is 7.12. The van der Waals surface area contributed by atoms with Crippen LogP contribution in [0.1, 0.15) is 54.8 Å². The van der Waals surface area contributed by atoms with E-state index < -0.39 is 21.9 Å². The van der Waals surface area contributed by atoms with Gasteiger partial charge in [0.25, 0.3) is 0 Å². The molecule has 34 heavy (non-hydrogen) atoms. The highest BCUT2D eigenvalue weighted by atomic mass is 32.2. The molecule has 2 N–H and O–H groups in total. The molecule has 2 heterocycles. The first-order chi connectivity index (χ1) is 16.2. The first-order valence-electron chi connectivity index (χ1n) is 11.1. The Morgan fingerprint density at radius 3 is 2.62 bits per heavy atom. The van der Waals surface area contributed by atoms with E-state index in [1.165, 1.54) is 0 Å². The van der Waals surface area contributed by atoms with E-state index in [0.29, 0.717) is 56.9 Å². The number of nitrogens with zero attached hydrogens (tertiary/aromatic N) is 2. The van der Waals surface area contributed by atoms with Crippen LogP contribution in [0.15, 0.2) is 41.3 Å². The van der Waals surface area contributed by atoms with Crippen LogP contribution in [0, 0.1) is 11.3 Å². The zero-order valence-electron chi connectivity index (χ0n) is 18.3. The summed E-state index contributed by atoms with van der Waals surface area (Å²) in [7, 11) is -4.11. The first-order valence-corrected chi connectivity index (χ1v) is 12.6. The van der Waals surface area contributed by atoms with E-state index in [2.05, 4.69) is 21.1 Å². The van der Waals surface area contributed by atoms with Crippen molar-refractivity contribution in [3.63, 3.8) is 0 Å². The van der Waals surface area contributed by atoms with Crippen LogP contribution in [0.2, 0.25) is 0 Å². The van der Waals surface area contributed by atoms with Gasteiger partial charge in [-0.25, -0.2) is 18.1 Å². The molecule has 1 aliphatic carbocycles. The smallest absolute Gasteiger partial charge is 0.381 e. The second-order valence-electron chi connectivity index (χ2n) is 8.65. The number of pyridine rings is 1. The summed E-state index contributed by atoms with van der Waals surface area (Å²) in [5, 5.41) is 12.0. The van der Waals surface area contributed by atoms with Crippen LogP contribution < -0.4 is 10.0 Å². The van der Waals surface area contributed by atoms with E-state index >= 15 is 0 Å². The second kappa shape index (κ2) is 9.90. The summed E-state index contributed by atoms with van der Waals surface area (Å²) in [6.07, 6.45) is -1.77. The Balaban J connectivity index is 1.54. The monoisotopic (exact) mass is 494 g/mol. The maximum atomic E-state index is 13.3. The van der Waals surface area contributed by atoms with Gasteiger partial charge in [0.15, 0.2) is 0 Å². The maximum absolute atomic E-state index is 13.3. The van der Waals surface area contributed by atoms with Gasteiger partial charge in [0.05, 0.1) is 11.6 Å². The van der Waals surface area contributed by atoms with Crippen LogP contribution >= 0.6 is 0 Å². The minimum Gasteiger partial charge on any atom is -0.381 e. The van der Waals surface area contributed by atoms with E-state index in [4.69, 9.17) is 10.00 Å². The largest absolute Gasteiger partial charge is 0.433 e. The molecule has 1 saturated carbocycles. The second-order valence-corrected chi connectivity index (χ2v) is 10.3. The fraction of sp³-hybridized carbons (Fsp3) is 0.478. The number of rotatable bonds is 6. The van der Waals surface area contributed by atoms with Gasteiger partial charge in [0.1, 0.15) is 16.4 Å². The van der Waals surface area contributed by atoms with Gasteiger partial charge >= 0.3 is 6.18 Å². The number of sulfonamides is 1. The standard InChI is InChI=1S/C23H25F3N4O3S/c24-23(25,26)21-7-6-20(34(31,32)30-18-5-2-9-33-10-8-18)22(29-21)28-19-12-17(13-19)16-4-1-3-15(11-16)14-27/h1,3-4,6-7,11,17-19,30H,2,5,8-10,12-13H2,(H,28,29). The van der Waals surface area contributed by atoms with Crippen molar-refractivity contribution >= 4 is 15.8 Å². The fourth-order valence-electron chi connectivity index (χ4n) is 4.29. The Morgan fingerprint density at radius 1 is 1.09 bits per heavy atom. The van der Waals surface area contributed by atoms with Crippen molar-refractivity contribution in [3.8, 4) is 6.07 Å². The molecule has 11 heteroatoms. The summed E-state index contributed by atoms with van der Waals surface area (Å²) in [6.45, 7) is 0.965. The number of hydrogen-bond donors (Lipinski definition) is 2. The molecule has 2 aliphatic rings. The van der Waals surface area contributed by atoms with Crippen molar-refractivity contribution in [1.29, 1.82) is 5.26 Å². The Morgan fingerprint density at radius 2 is 1.88 bits per heavy atom. The molecule has 182 valence electrons. The molecule has 4 rings (SSSR count). The topological polar surface area (TPSA) is 104 Å². The van der Waals surface area contributed by atoms with Gasteiger partial charge in [-0.15, -0.1) is 0 Å². The molecule has 2 aromatic rings. The average molecular weight is 495 g/mol. The molecule has 1 aromatic carbocycles. The zero-order valence-corrected chi connectivity index (χ0v) is 19.1. The highest BCUT2D eigenvalue weighted by molar-refractivity contribution is 7.89. The number of alkyl halides is 3. The molecule has 0 radical (unpaired) electrons. The van der Waals surface area contributed by atoms with Gasteiger partial charge in [-0.3, -0.25) is 0 Å². The quantitative estimate of drug-likeness (QED) is 0.625. The van der Waals surface area contributed by atoms with Crippen molar-refractivity contribution in [2.75, 3.05) is 18.5 Å². The minimum atomic E-state index is -4.70. The van der Waals surface area contributed by atoms with Gasteiger partial charge in [-0.1, -0.05) is 12.1 Å². The molecule has 0 bridgehead atoms. The third kappa shape index (κ3) is 5.68. The van der Waals surface area contributed by atoms with Crippen LogP contribution in [-0.4, -0.2) is 38.7 Å². The molecule has 7 nitrogen and oxygen atoms in total. The lowest BCUT2D eigenvalue weighted by molar-refractivity contribution is -0.141. The number of aromatic nitrogens is 1. The highest BCUT2D eigenvalue weighted by Gasteiger charge is 2.37. The fourth-order valence-corrected chi connectivity index (χ4v) is 5.70. The molecule has 0 spiro atoms. The third-order valence-electron chi connectivity index (χ3n) is 6.18. The average Bonchev–Trinajstić information content (AvgIpc) is 3.03. The SMILES string of the molecule is N#Cc1cccc(C2CC(Nc3nc(C(F)(F)F)ccc3S(=O)(=O)NC3CCCOCC3)C2)c1. The summed E-state index contributed by atoms with van der Waals surface area (Å²) in [5.41, 5.74) is 0.352. The van der Waals surface area contributed by atoms with E-state index in [9.17, 15) is 21.6 Å². The normalized spacial score (nSPS) is 23.4. The first kappa shape index (κ1) is 24.4. The zero-order chi connectivity index (χ0) is 24.3. The number of nitrogens with one attached hydrogen (secondary N) is 2.